The van der Waals surface area contributed by atoms with E-state index in [1.54, 1.807) is 13.8 Å². The number of hydrogen-bond acceptors (Lipinski definition) is 2. The van der Waals surface area contributed by atoms with Crippen LogP contribution < -0.4 is 5.32 Å². The number of hydrogen-bond donors (Lipinski definition) is 2. The van der Waals surface area contributed by atoms with Crippen molar-refractivity contribution in [3.63, 3.8) is 0 Å². The number of carboxylic acid groups (broad SMARTS) is 1. The minimum atomic E-state index is -0.719. The summed E-state index contributed by atoms with van der Waals surface area (Å²) < 4.78 is 0. The van der Waals surface area contributed by atoms with Crippen LogP contribution in [0.15, 0.2) is 0 Å². The Hall–Kier alpha value is -0.570. The average Bonchev–Trinajstić information content (AvgIpc) is 2.02. The summed E-state index contributed by atoms with van der Waals surface area (Å²) in [4.78, 5) is 10.8. The van der Waals surface area contributed by atoms with Crippen LogP contribution in [0.4, 0.5) is 0 Å². The SMILES string of the molecule is CC(C)CCNCCC(C)(C)C(=O)O. The third-order valence-electron chi connectivity index (χ3n) is 2.40. The van der Waals surface area contributed by atoms with Crippen molar-refractivity contribution in [3.8, 4) is 0 Å². The molecule has 2 N–H and O–H groups in total. The van der Waals surface area contributed by atoms with Gasteiger partial charge in [0.25, 0.3) is 0 Å². The van der Waals surface area contributed by atoms with Gasteiger partial charge in [-0.25, -0.2) is 0 Å². The molecule has 0 atom stereocenters. The van der Waals surface area contributed by atoms with Crippen LogP contribution in [0.1, 0.15) is 40.5 Å². The number of carboxylic acids is 1. The second-order valence-electron chi connectivity index (χ2n) is 4.87. The molecule has 0 saturated heterocycles. The second-order valence-corrected chi connectivity index (χ2v) is 4.87. The van der Waals surface area contributed by atoms with Crippen molar-refractivity contribution in [3.05, 3.63) is 0 Å². The molecule has 0 aliphatic carbocycles. The third kappa shape index (κ3) is 5.97. The van der Waals surface area contributed by atoms with Gasteiger partial charge in [0.15, 0.2) is 0 Å². The predicted octanol–water partition coefficient (Wildman–Crippen LogP) is 2.12. The summed E-state index contributed by atoms with van der Waals surface area (Å²) in [7, 11) is 0. The quantitative estimate of drug-likeness (QED) is 0.620. The molecule has 3 nitrogen and oxygen atoms in total. The Bertz CT molecular complexity index is 176. The third-order valence-corrected chi connectivity index (χ3v) is 2.40. The minimum absolute atomic E-state index is 0.606. The molecule has 0 fully saturated rings. The fourth-order valence-corrected chi connectivity index (χ4v) is 1.02. The first-order chi connectivity index (χ1) is 6.36. The van der Waals surface area contributed by atoms with Crippen molar-refractivity contribution in [2.75, 3.05) is 13.1 Å². The van der Waals surface area contributed by atoms with Crippen LogP contribution in [0.25, 0.3) is 0 Å². The van der Waals surface area contributed by atoms with Gasteiger partial charge >= 0.3 is 5.97 Å². The van der Waals surface area contributed by atoms with Gasteiger partial charge in [-0.2, -0.15) is 0 Å². The molecular formula is C11H23NO2. The molecule has 0 spiro atoms. The van der Waals surface area contributed by atoms with E-state index in [1.165, 1.54) is 0 Å². The maximum atomic E-state index is 10.8. The highest BCUT2D eigenvalue weighted by Gasteiger charge is 2.25. The van der Waals surface area contributed by atoms with Crippen LogP contribution in [-0.4, -0.2) is 24.2 Å². The number of aliphatic carboxylic acids is 1. The van der Waals surface area contributed by atoms with Gasteiger partial charge in [-0.1, -0.05) is 13.8 Å². The molecule has 0 aromatic carbocycles. The average molecular weight is 201 g/mol. The van der Waals surface area contributed by atoms with E-state index < -0.39 is 11.4 Å². The summed E-state index contributed by atoms with van der Waals surface area (Å²) in [6.45, 7) is 9.66. The van der Waals surface area contributed by atoms with Gasteiger partial charge in [0.05, 0.1) is 5.41 Å². The summed E-state index contributed by atoms with van der Waals surface area (Å²) in [6.07, 6.45) is 1.83. The number of rotatable bonds is 7. The van der Waals surface area contributed by atoms with E-state index in [4.69, 9.17) is 5.11 Å². The van der Waals surface area contributed by atoms with Crippen LogP contribution in [0.5, 0.6) is 0 Å². The maximum Gasteiger partial charge on any atom is 0.309 e. The summed E-state index contributed by atoms with van der Waals surface area (Å²) in [5.74, 6) is -0.0156. The molecule has 0 saturated carbocycles. The Kier molecular flexibility index (Phi) is 5.77. The number of carbonyl (C=O) groups is 1. The highest BCUT2D eigenvalue weighted by atomic mass is 16.4. The van der Waals surface area contributed by atoms with E-state index in [2.05, 4.69) is 19.2 Å². The Morgan fingerprint density at radius 1 is 1.36 bits per heavy atom. The minimum Gasteiger partial charge on any atom is -0.481 e. The van der Waals surface area contributed by atoms with E-state index >= 15 is 0 Å². The molecule has 0 radical (unpaired) electrons. The normalized spacial score (nSPS) is 12.1. The lowest BCUT2D eigenvalue weighted by Gasteiger charge is -2.19. The first-order valence-electron chi connectivity index (χ1n) is 5.30. The molecule has 0 heterocycles. The zero-order chi connectivity index (χ0) is 11.2. The molecule has 14 heavy (non-hydrogen) atoms. The van der Waals surface area contributed by atoms with Crippen LogP contribution >= 0.6 is 0 Å². The summed E-state index contributed by atoms with van der Waals surface area (Å²) in [6, 6.07) is 0. The summed E-state index contributed by atoms with van der Waals surface area (Å²) in [5.41, 5.74) is -0.606. The Morgan fingerprint density at radius 2 is 1.93 bits per heavy atom. The fourth-order valence-electron chi connectivity index (χ4n) is 1.02. The largest absolute Gasteiger partial charge is 0.481 e. The summed E-state index contributed by atoms with van der Waals surface area (Å²) >= 11 is 0. The van der Waals surface area contributed by atoms with Gasteiger partial charge in [-0.05, 0) is 45.7 Å². The standard InChI is InChI=1S/C11H23NO2/c1-9(2)5-7-12-8-6-11(3,4)10(13)14/h9,12H,5-8H2,1-4H3,(H,13,14). The molecule has 0 aromatic rings. The van der Waals surface area contributed by atoms with E-state index in [9.17, 15) is 4.79 Å². The molecule has 3 heteroatoms. The van der Waals surface area contributed by atoms with Crippen molar-refractivity contribution in [1.82, 2.24) is 5.32 Å². The van der Waals surface area contributed by atoms with Gasteiger partial charge in [0.1, 0.15) is 0 Å². The van der Waals surface area contributed by atoms with Crippen LogP contribution in [0.3, 0.4) is 0 Å². The van der Waals surface area contributed by atoms with Crippen molar-refractivity contribution in [1.29, 1.82) is 0 Å². The fraction of sp³-hybridized carbons (Fsp3) is 0.909. The smallest absolute Gasteiger partial charge is 0.309 e. The van der Waals surface area contributed by atoms with E-state index in [1.807, 2.05) is 0 Å². The molecule has 0 unspecified atom stereocenters. The lowest BCUT2D eigenvalue weighted by atomic mass is 9.90. The first kappa shape index (κ1) is 13.4. The van der Waals surface area contributed by atoms with Crippen molar-refractivity contribution in [2.45, 2.75) is 40.5 Å². The van der Waals surface area contributed by atoms with Crippen LogP contribution in [0, 0.1) is 11.3 Å². The van der Waals surface area contributed by atoms with Gasteiger partial charge in [0.2, 0.25) is 0 Å². The molecular weight excluding hydrogens is 178 g/mol. The second kappa shape index (κ2) is 6.02. The Balaban J connectivity index is 3.49. The van der Waals surface area contributed by atoms with Crippen molar-refractivity contribution >= 4 is 5.97 Å². The van der Waals surface area contributed by atoms with Crippen molar-refractivity contribution in [2.24, 2.45) is 11.3 Å². The van der Waals surface area contributed by atoms with E-state index in [-0.39, 0.29) is 0 Å². The molecule has 0 aromatic heterocycles. The molecule has 0 amide bonds. The van der Waals surface area contributed by atoms with Crippen LogP contribution in [0.2, 0.25) is 0 Å². The van der Waals surface area contributed by atoms with Crippen molar-refractivity contribution < 1.29 is 9.90 Å². The Morgan fingerprint density at radius 3 is 2.36 bits per heavy atom. The molecule has 0 bridgehead atoms. The van der Waals surface area contributed by atoms with Gasteiger partial charge in [-0.15, -0.1) is 0 Å². The van der Waals surface area contributed by atoms with Gasteiger partial charge in [0, 0.05) is 0 Å². The Labute approximate surface area is 86.9 Å². The molecule has 0 aliphatic heterocycles. The number of nitrogens with one attached hydrogen (secondary N) is 1. The molecule has 84 valence electrons. The monoisotopic (exact) mass is 201 g/mol. The van der Waals surface area contributed by atoms with Gasteiger partial charge < -0.3 is 10.4 Å². The van der Waals surface area contributed by atoms with Gasteiger partial charge in [-0.3, -0.25) is 4.79 Å². The topological polar surface area (TPSA) is 49.3 Å². The lowest BCUT2D eigenvalue weighted by molar-refractivity contribution is -0.147. The predicted molar refractivity (Wildman–Crippen MR) is 58.4 cm³/mol. The van der Waals surface area contributed by atoms with E-state index in [0.717, 1.165) is 19.5 Å². The maximum absolute atomic E-state index is 10.8. The highest BCUT2D eigenvalue weighted by Crippen LogP contribution is 2.19. The zero-order valence-corrected chi connectivity index (χ0v) is 9.76. The molecule has 0 rings (SSSR count). The highest BCUT2D eigenvalue weighted by molar-refractivity contribution is 5.73. The summed E-state index contributed by atoms with van der Waals surface area (Å²) in [5, 5.41) is 12.1. The van der Waals surface area contributed by atoms with Crippen LogP contribution in [-0.2, 0) is 4.79 Å². The first-order valence-corrected chi connectivity index (χ1v) is 5.30. The lowest BCUT2D eigenvalue weighted by Crippen LogP contribution is -2.29. The van der Waals surface area contributed by atoms with E-state index in [0.29, 0.717) is 12.3 Å². The zero-order valence-electron chi connectivity index (χ0n) is 9.76. The molecule has 0 aliphatic rings.